The van der Waals surface area contributed by atoms with Gasteiger partial charge in [-0.25, -0.2) is 0 Å². The van der Waals surface area contributed by atoms with Crippen LogP contribution in [0.5, 0.6) is 0 Å². The molecule has 0 fully saturated rings. The third-order valence-electron chi connectivity index (χ3n) is 1.81. The normalized spacial score (nSPS) is 11.8. The van der Waals surface area contributed by atoms with Crippen molar-refractivity contribution in [3.8, 4) is 0 Å². The molecular weight excluding hydrogens is 237 g/mol. The van der Waals surface area contributed by atoms with Crippen LogP contribution >= 0.6 is 35.0 Å². The van der Waals surface area contributed by atoms with Crippen LogP contribution in [0.4, 0.5) is 5.69 Å². The van der Waals surface area contributed by atoms with Crippen LogP contribution < -0.4 is 5.73 Å². The molecule has 0 unspecified atom stereocenters. The lowest BCUT2D eigenvalue weighted by Gasteiger charge is -2.06. The molecule has 76 valence electrons. The van der Waals surface area contributed by atoms with Crippen molar-refractivity contribution in [1.29, 1.82) is 0 Å². The van der Waals surface area contributed by atoms with Gasteiger partial charge in [0.1, 0.15) is 0 Å². The molecule has 1 nitrogen and oxygen atoms in total. The van der Waals surface area contributed by atoms with Crippen molar-refractivity contribution in [3.63, 3.8) is 0 Å². The van der Waals surface area contributed by atoms with E-state index in [2.05, 4.69) is 0 Å². The predicted molar refractivity (Wildman–Crippen MR) is 66.1 cm³/mol. The molecule has 0 spiro atoms. The van der Waals surface area contributed by atoms with Crippen molar-refractivity contribution in [2.24, 2.45) is 0 Å². The standard InChI is InChI=1S/C10H11Cl2NS/c1-7-9(13)3-2-4-10(7)14-6-8(12)5-11/h2-5H,6,13H2,1H3. The van der Waals surface area contributed by atoms with E-state index in [0.717, 1.165) is 16.1 Å². The molecular formula is C10H11Cl2NS. The summed E-state index contributed by atoms with van der Waals surface area (Å²) in [4.78, 5) is 1.14. The lowest BCUT2D eigenvalue weighted by Crippen LogP contribution is -1.91. The first-order chi connectivity index (χ1) is 6.65. The Labute approximate surface area is 98.3 Å². The van der Waals surface area contributed by atoms with Crippen LogP contribution in [-0.2, 0) is 0 Å². The van der Waals surface area contributed by atoms with Crippen molar-refractivity contribution >= 4 is 40.7 Å². The summed E-state index contributed by atoms with van der Waals surface area (Å²) in [7, 11) is 0. The third-order valence-corrected chi connectivity index (χ3v) is 3.79. The van der Waals surface area contributed by atoms with Crippen LogP contribution in [0.1, 0.15) is 5.56 Å². The minimum absolute atomic E-state index is 0.637. The molecule has 0 radical (unpaired) electrons. The van der Waals surface area contributed by atoms with E-state index in [1.165, 1.54) is 5.54 Å². The van der Waals surface area contributed by atoms with Crippen LogP contribution in [-0.4, -0.2) is 5.75 Å². The van der Waals surface area contributed by atoms with Gasteiger partial charge in [0, 0.05) is 26.9 Å². The smallest absolute Gasteiger partial charge is 0.0396 e. The van der Waals surface area contributed by atoms with Gasteiger partial charge in [0.2, 0.25) is 0 Å². The summed E-state index contributed by atoms with van der Waals surface area (Å²) in [6.45, 7) is 2.00. The lowest BCUT2D eigenvalue weighted by atomic mass is 10.2. The maximum absolute atomic E-state index is 5.78. The van der Waals surface area contributed by atoms with Crippen molar-refractivity contribution in [2.75, 3.05) is 11.5 Å². The van der Waals surface area contributed by atoms with Crippen LogP contribution in [0, 0.1) is 6.92 Å². The fourth-order valence-corrected chi connectivity index (χ4v) is 2.18. The molecule has 0 aromatic heterocycles. The van der Waals surface area contributed by atoms with Gasteiger partial charge < -0.3 is 5.73 Å². The topological polar surface area (TPSA) is 26.0 Å². The van der Waals surface area contributed by atoms with Crippen LogP contribution in [0.2, 0.25) is 0 Å². The molecule has 0 amide bonds. The minimum atomic E-state index is 0.637. The first-order valence-corrected chi connectivity index (χ1v) is 5.87. The van der Waals surface area contributed by atoms with E-state index < -0.39 is 0 Å². The van der Waals surface area contributed by atoms with Gasteiger partial charge in [0.25, 0.3) is 0 Å². The first-order valence-electron chi connectivity index (χ1n) is 4.07. The SMILES string of the molecule is Cc1c(N)cccc1SCC(Cl)=CCl. The number of anilines is 1. The summed E-state index contributed by atoms with van der Waals surface area (Å²) in [5.74, 6) is 0.676. The molecule has 0 bridgehead atoms. The van der Waals surface area contributed by atoms with Gasteiger partial charge in [-0.05, 0) is 24.6 Å². The van der Waals surface area contributed by atoms with Gasteiger partial charge in [-0.15, -0.1) is 11.8 Å². The summed E-state index contributed by atoms with van der Waals surface area (Å²) < 4.78 is 0. The number of hydrogen-bond donors (Lipinski definition) is 1. The van der Waals surface area contributed by atoms with Crippen molar-refractivity contribution in [3.05, 3.63) is 34.3 Å². The molecule has 0 aliphatic heterocycles. The summed E-state index contributed by atoms with van der Waals surface area (Å²) in [6.07, 6.45) is 0. The minimum Gasteiger partial charge on any atom is -0.398 e. The fourth-order valence-electron chi connectivity index (χ4n) is 0.966. The monoisotopic (exact) mass is 247 g/mol. The van der Waals surface area contributed by atoms with Crippen molar-refractivity contribution < 1.29 is 0 Å². The van der Waals surface area contributed by atoms with Crippen LogP contribution in [0.3, 0.4) is 0 Å². The van der Waals surface area contributed by atoms with Gasteiger partial charge in [0.05, 0.1) is 0 Å². The number of hydrogen-bond acceptors (Lipinski definition) is 2. The summed E-state index contributed by atoms with van der Waals surface area (Å²) >= 11 is 12.9. The molecule has 1 aromatic rings. The third kappa shape index (κ3) is 3.12. The maximum atomic E-state index is 5.78. The zero-order valence-electron chi connectivity index (χ0n) is 7.76. The second-order valence-corrected chi connectivity index (χ2v) is 4.54. The molecule has 0 aliphatic rings. The molecule has 0 aliphatic carbocycles. The molecule has 1 aromatic carbocycles. The van der Waals surface area contributed by atoms with E-state index in [1.54, 1.807) is 11.8 Å². The number of benzene rings is 1. The van der Waals surface area contributed by atoms with E-state index in [9.17, 15) is 0 Å². The largest absolute Gasteiger partial charge is 0.398 e. The molecule has 0 heterocycles. The number of halogens is 2. The highest BCUT2D eigenvalue weighted by molar-refractivity contribution is 7.99. The number of nitrogen functional groups attached to an aromatic ring is 1. The Morgan fingerprint density at radius 3 is 2.93 bits per heavy atom. The van der Waals surface area contributed by atoms with Crippen LogP contribution in [0.25, 0.3) is 0 Å². The lowest BCUT2D eigenvalue weighted by molar-refractivity contribution is 1.31. The highest BCUT2D eigenvalue weighted by Gasteiger charge is 2.02. The predicted octanol–water partition coefficient (Wildman–Crippen LogP) is 3.99. The molecule has 0 saturated carbocycles. The zero-order valence-corrected chi connectivity index (χ0v) is 10.1. The summed E-state index contributed by atoms with van der Waals surface area (Å²) in [5.41, 5.74) is 9.06. The second-order valence-electron chi connectivity index (χ2n) is 2.82. The first kappa shape index (κ1) is 11.8. The fraction of sp³-hybridized carbons (Fsp3) is 0.200. The molecule has 0 atom stereocenters. The maximum Gasteiger partial charge on any atom is 0.0396 e. The van der Waals surface area contributed by atoms with E-state index in [-0.39, 0.29) is 0 Å². The van der Waals surface area contributed by atoms with Gasteiger partial charge in [0.15, 0.2) is 0 Å². The Bertz CT molecular complexity index is 350. The Balaban J connectivity index is 2.73. The highest BCUT2D eigenvalue weighted by atomic mass is 35.5. The number of nitrogens with two attached hydrogens (primary N) is 1. The van der Waals surface area contributed by atoms with Crippen molar-refractivity contribution in [2.45, 2.75) is 11.8 Å². The summed E-state index contributed by atoms with van der Waals surface area (Å²) in [6, 6.07) is 5.84. The quantitative estimate of drug-likeness (QED) is 0.646. The molecule has 2 N–H and O–H groups in total. The Kier molecular flexibility index (Phi) is 4.66. The van der Waals surface area contributed by atoms with Crippen molar-refractivity contribution in [1.82, 2.24) is 0 Å². The average Bonchev–Trinajstić information content (AvgIpc) is 2.20. The molecule has 0 saturated heterocycles. The zero-order chi connectivity index (χ0) is 10.6. The van der Waals surface area contributed by atoms with Crippen LogP contribution in [0.15, 0.2) is 33.7 Å². The Hall–Kier alpha value is -0.310. The van der Waals surface area contributed by atoms with Gasteiger partial charge >= 0.3 is 0 Å². The molecule has 14 heavy (non-hydrogen) atoms. The van der Waals surface area contributed by atoms with E-state index >= 15 is 0 Å². The van der Waals surface area contributed by atoms with E-state index in [4.69, 9.17) is 28.9 Å². The molecule has 4 heteroatoms. The van der Waals surface area contributed by atoms with E-state index in [1.807, 2.05) is 25.1 Å². The van der Waals surface area contributed by atoms with Gasteiger partial charge in [-0.3, -0.25) is 0 Å². The Morgan fingerprint density at radius 2 is 2.29 bits per heavy atom. The Morgan fingerprint density at radius 1 is 1.57 bits per heavy atom. The molecule has 1 rings (SSSR count). The summed E-state index contributed by atoms with van der Waals surface area (Å²) in [5, 5.41) is 0.637. The van der Waals surface area contributed by atoms with E-state index in [0.29, 0.717) is 10.8 Å². The van der Waals surface area contributed by atoms with Gasteiger partial charge in [-0.1, -0.05) is 29.3 Å². The average molecular weight is 248 g/mol. The second kappa shape index (κ2) is 5.54. The number of thioether (sulfide) groups is 1. The van der Waals surface area contributed by atoms with Gasteiger partial charge in [-0.2, -0.15) is 0 Å². The number of rotatable bonds is 3. The highest BCUT2D eigenvalue weighted by Crippen LogP contribution is 2.28.